The van der Waals surface area contributed by atoms with Gasteiger partial charge in [0.25, 0.3) is 0 Å². The van der Waals surface area contributed by atoms with Gasteiger partial charge in [-0.05, 0) is 19.4 Å². The zero-order chi connectivity index (χ0) is 8.55. The van der Waals surface area contributed by atoms with Crippen LogP contribution in [0.15, 0.2) is 30.3 Å². The SMILES string of the molecule is CC(C)N1CC1c1ccccc1. The molecular weight excluding hydrogens is 146 g/mol. The van der Waals surface area contributed by atoms with E-state index < -0.39 is 0 Å². The highest BCUT2D eigenvalue weighted by atomic mass is 15.3. The molecule has 0 bridgehead atoms. The Morgan fingerprint density at radius 2 is 1.92 bits per heavy atom. The molecule has 1 nitrogen and oxygen atoms in total. The monoisotopic (exact) mass is 161 g/mol. The number of hydrogen-bond donors (Lipinski definition) is 0. The lowest BCUT2D eigenvalue weighted by molar-refractivity contribution is 0.425. The Morgan fingerprint density at radius 3 is 2.42 bits per heavy atom. The van der Waals surface area contributed by atoms with Crippen LogP contribution in [0.5, 0.6) is 0 Å². The summed E-state index contributed by atoms with van der Waals surface area (Å²) in [5.74, 6) is 0. The van der Waals surface area contributed by atoms with Gasteiger partial charge in [0, 0.05) is 18.6 Å². The predicted molar refractivity (Wildman–Crippen MR) is 51.0 cm³/mol. The van der Waals surface area contributed by atoms with Crippen molar-refractivity contribution in [3.8, 4) is 0 Å². The molecule has 0 amide bonds. The normalized spacial score (nSPS) is 27.6. The van der Waals surface area contributed by atoms with Gasteiger partial charge in [0.05, 0.1) is 0 Å². The molecule has 1 fully saturated rings. The number of nitrogens with zero attached hydrogens (tertiary/aromatic N) is 1. The minimum atomic E-state index is 0.690. The number of rotatable bonds is 2. The first-order valence-electron chi connectivity index (χ1n) is 4.59. The summed E-state index contributed by atoms with van der Waals surface area (Å²) in [5.41, 5.74) is 1.46. The molecule has 0 radical (unpaired) electrons. The summed E-state index contributed by atoms with van der Waals surface area (Å²) in [6.45, 7) is 5.74. The molecule has 0 aromatic heterocycles. The van der Waals surface area contributed by atoms with Gasteiger partial charge in [-0.2, -0.15) is 0 Å². The molecule has 1 heterocycles. The van der Waals surface area contributed by atoms with Crippen molar-refractivity contribution < 1.29 is 0 Å². The van der Waals surface area contributed by atoms with Crippen LogP contribution in [0.25, 0.3) is 0 Å². The van der Waals surface area contributed by atoms with Crippen LogP contribution in [0.1, 0.15) is 25.5 Å². The average Bonchev–Trinajstić information content (AvgIpc) is 2.84. The molecule has 0 saturated carbocycles. The Bertz CT molecular complexity index is 253. The van der Waals surface area contributed by atoms with E-state index in [1.807, 2.05) is 0 Å². The molecule has 1 saturated heterocycles. The molecule has 2 unspecified atom stereocenters. The standard InChI is InChI=1S/C11H15N/c1-9(2)12-8-11(12)10-6-4-3-5-7-10/h3-7,9,11H,8H2,1-2H3. The summed E-state index contributed by atoms with van der Waals surface area (Å²) >= 11 is 0. The molecule has 1 aliphatic rings. The number of hydrogen-bond acceptors (Lipinski definition) is 1. The Morgan fingerprint density at radius 1 is 1.25 bits per heavy atom. The zero-order valence-electron chi connectivity index (χ0n) is 7.70. The van der Waals surface area contributed by atoms with Crippen LogP contribution in [-0.2, 0) is 0 Å². The highest BCUT2D eigenvalue weighted by Gasteiger charge is 2.36. The highest BCUT2D eigenvalue weighted by Crippen LogP contribution is 2.36. The summed E-state index contributed by atoms with van der Waals surface area (Å²) in [5, 5.41) is 0. The maximum atomic E-state index is 2.50. The predicted octanol–water partition coefficient (Wildman–Crippen LogP) is 2.45. The molecule has 1 aromatic carbocycles. The van der Waals surface area contributed by atoms with Gasteiger partial charge in [-0.1, -0.05) is 30.3 Å². The maximum Gasteiger partial charge on any atom is 0.0479 e. The first kappa shape index (κ1) is 7.81. The van der Waals surface area contributed by atoms with Gasteiger partial charge in [-0.3, -0.25) is 4.90 Å². The van der Waals surface area contributed by atoms with Crippen LogP contribution in [-0.4, -0.2) is 17.5 Å². The Balaban J connectivity index is 2.06. The first-order valence-corrected chi connectivity index (χ1v) is 4.59. The summed E-state index contributed by atoms with van der Waals surface area (Å²) in [6, 6.07) is 12.1. The Kier molecular flexibility index (Phi) is 1.89. The van der Waals surface area contributed by atoms with Crippen molar-refractivity contribution in [2.75, 3.05) is 6.54 Å². The lowest BCUT2D eigenvalue weighted by Crippen LogP contribution is -2.08. The summed E-state index contributed by atoms with van der Waals surface area (Å²) in [4.78, 5) is 2.50. The molecule has 2 atom stereocenters. The molecule has 1 aromatic rings. The van der Waals surface area contributed by atoms with E-state index in [0.717, 1.165) is 0 Å². The summed E-state index contributed by atoms with van der Waals surface area (Å²) in [6.07, 6.45) is 0. The van der Waals surface area contributed by atoms with Gasteiger partial charge in [0.1, 0.15) is 0 Å². The minimum absolute atomic E-state index is 0.690. The van der Waals surface area contributed by atoms with Crippen LogP contribution in [0.4, 0.5) is 0 Å². The molecule has 1 aliphatic heterocycles. The van der Waals surface area contributed by atoms with Crippen LogP contribution >= 0.6 is 0 Å². The van der Waals surface area contributed by atoms with Gasteiger partial charge in [0.15, 0.2) is 0 Å². The van der Waals surface area contributed by atoms with E-state index in [1.165, 1.54) is 12.1 Å². The Labute approximate surface area is 74.0 Å². The third-order valence-corrected chi connectivity index (χ3v) is 2.50. The van der Waals surface area contributed by atoms with E-state index in [9.17, 15) is 0 Å². The highest BCUT2D eigenvalue weighted by molar-refractivity contribution is 5.23. The lowest BCUT2D eigenvalue weighted by Gasteiger charge is -2.06. The van der Waals surface area contributed by atoms with Crippen molar-refractivity contribution in [3.05, 3.63) is 35.9 Å². The number of benzene rings is 1. The van der Waals surface area contributed by atoms with Crippen LogP contribution in [0.2, 0.25) is 0 Å². The molecule has 0 N–H and O–H groups in total. The maximum absolute atomic E-state index is 2.50. The van der Waals surface area contributed by atoms with Gasteiger partial charge < -0.3 is 0 Å². The van der Waals surface area contributed by atoms with Crippen LogP contribution in [0, 0.1) is 0 Å². The second-order valence-corrected chi connectivity index (χ2v) is 3.72. The van der Waals surface area contributed by atoms with E-state index in [0.29, 0.717) is 12.1 Å². The van der Waals surface area contributed by atoms with Crippen molar-refractivity contribution >= 4 is 0 Å². The van der Waals surface area contributed by atoms with Crippen molar-refractivity contribution in [3.63, 3.8) is 0 Å². The second kappa shape index (κ2) is 2.91. The van der Waals surface area contributed by atoms with Gasteiger partial charge >= 0.3 is 0 Å². The smallest absolute Gasteiger partial charge is 0.0479 e. The van der Waals surface area contributed by atoms with Gasteiger partial charge in [-0.15, -0.1) is 0 Å². The van der Waals surface area contributed by atoms with Crippen molar-refractivity contribution in [1.29, 1.82) is 0 Å². The van der Waals surface area contributed by atoms with Crippen molar-refractivity contribution in [2.24, 2.45) is 0 Å². The Hall–Kier alpha value is -0.820. The van der Waals surface area contributed by atoms with Crippen molar-refractivity contribution in [1.82, 2.24) is 4.90 Å². The third-order valence-electron chi connectivity index (χ3n) is 2.50. The van der Waals surface area contributed by atoms with Crippen molar-refractivity contribution in [2.45, 2.75) is 25.9 Å². The minimum Gasteiger partial charge on any atom is -0.291 e. The largest absolute Gasteiger partial charge is 0.291 e. The fraction of sp³-hybridized carbons (Fsp3) is 0.455. The third kappa shape index (κ3) is 1.37. The first-order chi connectivity index (χ1) is 5.79. The summed E-state index contributed by atoms with van der Waals surface area (Å²) in [7, 11) is 0. The molecular formula is C11H15N. The molecule has 64 valence electrons. The van der Waals surface area contributed by atoms with Gasteiger partial charge in [0.2, 0.25) is 0 Å². The average molecular weight is 161 g/mol. The van der Waals surface area contributed by atoms with E-state index in [2.05, 4.69) is 49.1 Å². The fourth-order valence-corrected chi connectivity index (χ4v) is 1.70. The van der Waals surface area contributed by atoms with E-state index in [-0.39, 0.29) is 0 Å². The van der Waals surface area contributed by atoms with Gasteiger partial charge in [-0.25, -0.2) is 0 Å². The second-order valence-electron chi connectivity index (χ2n) is 3.72. The molecule has 0 aliphatic carbocycles. The lowest BCUT2D eigenvalue weighted by atomic mass is 10.2. The van der Waals surface area contributed by atoms with Crippen LogP contribution < -0.4 is 0 Å². The fourth-order valence-electron chi connectivity index (χ4n) is 1.70. The molecule has 12 heavy (non-hydrogen) atoms. The zero-order valence-corrected chi connectivity index (χ0v) is 7.70. The summed E-state index contributed by atoms with van der Waals surface area (Å²) < 4.78 is 0. The molecule has 0 spiro atoms. The van der Waals surface area contributed by atoms with E-state index in [4.69, 9.17) is 0 Å². The molecule has 1 heteroatoms. The topological polar surface area (TPSA) is 3.01 Å². The van der Waals surface area contributed by atoms with E-state index in [1.54, 1.807) is 0 Å². The molecule has 2 rings (SSSR count). The van der Waals surface area contributed by atoms with E-state index >= 15 is 0 Å². The van der Waals surface area contributed by atoms with Crippen LogP contribution in [0.3, 0.4) is 0 Å². The quantitative estimate of drug-likeness (QED) is 0.602.